The summed E-state index contributed by atoms with van der Waals surface area (Å²) in [6.07, 6.45) is 2.21. The van der Waals surface area contributed by atoms with Gasteiger partial charge in [0.05, 0.1) is 17.6 Å². The Labute approximate surface area is 107 Å². The van der Waals surface area contributed by atoms with Crippen LogP contribution in [0.2, 0.25) is 0 Å². The van der Waals surface area contributed by atoms with Crippen LogP contribution < -0.4 is 10.5 Å². The molecule has 0 aliphatic rings. The summed E-state index contributed by atoms with van der Waals surface area (Å²) in [6, 6.07) is 1.23. The Bertz CT molecular complexity index is 684. The van der Waals surface area contributed by atoms with E-state index in [4.69, 9.17) is 5.73 Å². The minimum absolute atomic E-state index is 0.0313. The average Bonchev–Trinajstić information content (AvgIpc) is 2.62. The first-order valence-electron chi connectivity index (χ1n) is 4.75. The molecule has 0 aromatic carbocycles. The SMILES string of the molecule is Cc1nc(N)sc1S(=O)(=O)Nc1ccncc1F. The van der Waals surface area contributed by atoms with E-state index in [9.17, 15) is 12.8 Å². The second kappa shape index (κ2) is 4.50. The Morgan fingerprint density at radius 2 is 2.22 bits per heavy atom. The van der Waals surface area contributed by atoms with E-state index in [-0.39, 0.29) is 20.7 Å². The number of nitrogens with one attached hydrogen (secondary N) is 1. The Morgan fingerprint density at radius 1 is 1.50 bits per heavy atom. The first-order valence-corrected chi connectivity index (χ1v) is 7.05. The molecule has 0 unspecified atom stereocenters. The predicted molar refractivity (Wildman–Crippen MR) is 66.3 cm³/mol. The van der Waals surface area contributed by atoms with E-state index in [1.54, 1.807) is 0 Å². The molecule has 0 aliphatic heterocycles. The summed E-state index contributed by atoms with van der Waals surface area (Å²) in [5.41, 5.74) is 5.54. The van der Waals surface area contributed by atoms with Crippen molar-refractivity contribution in [2.24, 2.45) is 0 Å². The standard InChI is InChI=1S/C9H9FN4O2S2/c1-5-8(17-9(11)13-5)18(15,16)14-7-2-3-12-4-6(7)10/h2-4H,1H3,(H2,11,13)(H,12,14). The van der Waals surface area contributed by atoms with Gasteiger partial charge in [-0.3, -0.25) is 9.71 Å². The number of thiazole rings is 1. The number of aromatic nitrogens is 2. The highest BCUT2D eigenvalue weighted by Gasteiger charge is 2.22. The van der Waals surface area contributed by atoms with Crippen molar-refractivity contribution in [2.45, 2.75) is 11.1 Å². The van der Waals surface area contributed by atoms with E-state index < -0.39 is 15.8 Å². The molecule has 0 amide bonds. The number of hydrogen-bond donors (Lipinski definition) is 2. The number of anilines is 2. The lowest BCUT2D eigenvalue weighted by molar-refractivity contribution is 0.599. The molecule has 2 rings (SSSR count). The van der Waals surface area contributed by atoms with Crippen LogP contribution in [-0.4, -0.2) is 18.4 Å². The van der Waals surface area contributed by atoms with E-state index in [2.05, 4.69) is 14.7 Å². The molecule has 0 aliphatic carbocycles. The molecule has 2 aromatic heterocycles. The second-order valence-corrected chi connectivity index (χ2v) is 6.29. The summed E-state index contributed by atoms with van der Waals surface area (Å²) < 4.78 is 39.4. The molecule has 9 heteroatoms. The fourth-order valence-electron chi connectivity index (χ4n) is 1.30. The summed E-state index contributed by atoms with van der Waals surface area (Å²) in [6.45, 7) is 1.52. The number of rotatable bonds is 3. The lowest BCUT2D eigenvalue weighted by atomic mass is 10.4. The lowest BCUT2D eigenvalue weighted by Gasteiger charge is -2.06. The zero-order chi connectivity index (χ0) is 13.3. The molecule has 6 nitrogen and oxygen atoms in total. The van der Waals surface area contributed by atoms with Gasteiger partial charge < -0.3 is 5.73 Å². The van der Waals surface area contributed by atoms with E-state index in [0.717, 1.165) is 17.5 Å². The summed E-state index contributed by atoms with van der Waals surface area (Å²) in [5.74, 6) is -0.754. The number of pyridine rings is 1. The van der Waals surface area contributed by atoms with Gasteiger partial charge in [-0.2, -0.15) is 0 Å². The molecular formula is C9H9FN4O2S2. The van der Waals surface area contributed by atoms with Crippen LogP contribution in [0.1, 0.15) is 5.69 Å². The van der Waals surface area contributed by atoms with Crippen LogP contribution in [0.3, 0.4) is 0 Å². The summed E-state index contributed by atoms with van der Waals surface area (Å²) >= 11 is 0.825. The van der Waals surface area contributed by atoms with Crippen LogP contribution in [-0.2, 0) is 10.0 Å². The van der Waals surface area contributed by atoms with Crippen LogP contribution in [0.15, 0.2) is 22.7 Å². The zero-order valence-corrected chi connectivity index (χ0v) is 10.8. The number of aryl methyl sites for hydroxylation is 1. The molecular weight excluding hydrogens is 279 g/mol. The lowest BCUT2D eigenvalue weighted by Crippen LogP contribution is -2.13. The quantitative estimate of drug-likeness (QED) is 0.888. The van der Waals surface area contributed by atoms with Crippen LogP contribution in [0.4, 0.5) is 15.2 Å². The first-order chi connectivity index (χ1) is 8.40. The zero-order valence-electron chi connectivity index (χ0n) is 9.21. The summed E-state index contributed by atoms with van der Waals surface area (Å²) in [7, 11) is -3.89. The number of hydrogen-bond acceptors (Lipinski definition) is 6. The summed E-state index contributed by atoms with van der Waals surface area (Å²) in [4.78, 5) is 7.34. The van der Waals surface area contributed by atoms with Crippen molar-refractivity contribution >= 4 is 32.2 Å². The van der Waals surface area contributed by atoms with Crippen molar-refractivity contribution in [1.29, 1.82) is 0 Å². The largest absolute Gasteiger partial charge is 0.375 e. The van der Waals surface area contributed by atoms with Gasteiger partial charge in [0.2, 0.25) is 0 Å². The van der Waals surface area contributed by atoms with Gasteiger partial charge in [0, 0.05) is 6.20 Å². The Morgan fingerprint density at radius 3 is 2.78 bits per heavy atom. The number of nitrogens with zero attached hydrogens (tertiary/aromatic N) is 2. The van der Waals surface area contributed by atoms with Gasteiger partial charge in [-0.1, -0.05) is 11.3 Å². The Kier molecular flexibility index (Phi) is 3.18. The van der Waals surface area contributed by atoms with Crippen molar-refractivity contribution in [3.05, 3.63) is 30.0 Å². The van der Waals surface area contributed by atoms with E-state index in [0.29, 0.717) is 0 Å². The Balaban J connectivity index is 2.40. The van der Waals surface area contributed by atoms with Gasteiger partial charge in [-0.25, -0.2) is 17.8 Å². The average molecular weight is 288 g/mol. The summed E-state index contributed by atoms with van der Waals surface area (Å²) in [5, 5.41) is 0.142. The Hall–Kier alpha value is -1.74. The molecule has 0 bridgehead atoms. The molecule has 0 saturated heterocycles. The van der Waals surface area contributed by atoms with Gasteiger partial charge in [0.15, 0.2) is 15.2 Å². The number of nitrogen functional groups attached to an aromatic ring is 1. The molecule has 2 heterocycles. The van der Waals surface area contributed by atoms with Gasteiger partial charge in [-0.15, -0.1) is 0 Å². The number of nitrogens with two attached hydrogens (primary N) is 1. The monoisotopic (exact) mass is 288 g/mol. The minimum atomic E-state index is -3.89. The van der Waals surface area contributed by atoms with Crippen LogP contribution in [0.25, 0.3) is 0 Å². The number of halogens is 1. The second-order valence-electron chi connectivity index (χ2n) is 3.39. The van der Waals surface area contributed by atoms with E-state index in [1.165, 1.54) is 19.2 Å². The van der Waals surface area contributed by atoms with Gasteiger partial charge in [0.1, 0.15) is 0 Å². The molecule has 2 aromatic rings. The predicted octanol–water partition coefficient (Wildman–Crippen LogP) is 1.37. The topological polar surface area (TPSA) is 98.0 Å². The van der Waals surface area contributed by atoms with Crippen molar-refractivity contribution < 1.29 is 12.8 Å². The number of sulfonamides is 1. The molecule has 96 valence electrons. The van der Waals surface area contributed by atoms with Gasteiger partial charge >= 0.3 is 0 Å². The van der Waals surface area contributed by atoms with Crippen molar-refractivity contribution in [3.8, 4) is 0 Å². The molecule has 18 heavy (non-hydrogen) atoms. The van der Waals surface area contributed by atoms with E-state index in [1.807, 2.05) is 0 Å². The smallest absolute Gasteiger partial charge is 0.273 e. The molecule has 0 fully saturated rings. The van der Waals surface area contributed by atoms with Crippen molar-refractivity contribution in [3.63, 3.8) is 0 Å². The maximum absolute atomic E-state index is 13.3. The first kappa shape index (κ1) is 12.7. The molecule has 3 N–H and O–H groups in total. The fourth-order valence-corrected chi connectivity index (χ4v) is 3.67. The third-order valence-corrected chi connectivity index (χ3v) is 4.99. The highest BCUT2D eigenvalue weighted by atomic mass is 32.2. The highest BCUT2D eigenvalue weighted by molar-refractivity contribution is 7.94. The van der Waals surface area contributed by atoms with Crippen molar-refractivity contribution in [1.82, 2.24) is 9.97 Å². The maximum atomic E-state index is 13.3. The van der Waals surface area contributed by atoms with Crippen LogP contribution in [0.5, 0.6) is 0 Å². The highest BCUT2D eigenvalue weighted by Crippen LogP contribution is 2.27. The normalized spacial score (nSPS) is 11.4. The van der Waals surface area contributed by atoms with Gasteiger partial charge in [-0.05, 0) is 13.0 Å². The van der Waals surface area contributed by atoms with E-state index >= 15 is 0 Å². The van der Waals surface area contributed by atoms with Crippen LogP contribution >= 0.6 is 11.3 Å². The van der Waals surface area contributed by atoms with Gasteiger partial charge in [0.25, 0.3) is 10.0 Å². The van der Waals surface area contributed by atoms with Crippen molar-refractivity contribution in [2.75, 3.05) is 10.5 Å². The fraction of sp³-hybridized carbons (Fsp3) is 0.111. The van der Waals surface area contributed by atoms with Crippen LogP contribution in [0, 0.1) is 12.7 Å². The minimum Gasteiger partial charge on any atom is -0.375 e. The molecule has 0 saturated carbocycles. The molecule has 0 spiro atoms. The molecule has 0 radical (unpaired) electrons. The third-order valence-electron chi connectivity index (χ3n) is 2.03. The molecule has 0 atom stereocenters. The third kappa shape index (κ3) is 2.41. The maximum Gasteiger partial charge on any atom is 0.273 e.